The third kappa shape index (κ3) is 2.87. The molecule has 0 amide bonds. The molecule has 90 valence electrons. The minimum absolute atomic E-state index is 0.0615. The zero-order valence-corrected chi connectivity index (χ0v) is 8.87. The lowest BCUT2D eigenvalue weighted by atomic mass is 9.98. The Balaban J connectivity index is 2.65. The van der Waals surface area contributed by atoms with Crippen molar-refractivity contribution in [2.75, 3.05) is 6.61 Å². The molecule has 5 atom stereocenters. The summed E-state index contributed by atoms with van der Waals surface area (Å²) in [4.78, 5) is 0. The summed E-state index contributed by atoms with van der Waals surface area (Å²) in [5.41, 5.74) is 0. The molecule has 6 heteroatoms. The smallest absolute Gasteiger partial charge is 0.137 e. The topological polar surface area (TPSA) is 102 Å². The Morgan fingerprint density at radius 1 is 1.13 bits per heavy atom. The van der Waals surface area contributed by atoms with E-state index in [1.165, 1.54) is 0 Å². The Kier molecular flexibility index (Phi) is 4.45. The van der Waals surface area contributed by atoms with Crippen LogP contribution in [0.3, 0.4) is 0 Å². The monoisotopic (exact) mass is 221 g/mol. The number of hydrogen-bond acceptors (Lipinski definition) is 6. The lowest BCUT2D eigenvalue weighted by molar-refractivity contribution is -0.237. The summed E-state index contributed by atoms with van der Waals surface area (Å²) in [6.45, 7) is 3.32. The summed E-state index contributed by atoms with van der Waals surface area (Å²) in [6.07, 6.45) is -5.44. The highest BCUT2D eigenvalue weighted by Gasteiger charge is 2.43. The second kappa shape index (κ2) is 5.20. The molecule has 1 rings (SSSR count). The Labute approximate surface area is 88.5 Å². The second-order valence-electron chi connectivity index (χ2n) is 4.07. The first kappa shape index (κ1) is 12.8. The minimum Gasteiger partial charge on any atom is -0.394 e. The van der Waals surface area contributed by atoms with E-state index in [2.05, 4.69) is 5.32 Å². The maximum Gasteiger partial charge on any atom is 0.137 e. The number of aliphatic hydroxyl groups excluding tert-OH is 4. The van der Waals surface area contributed by atoms with Gasteiger partial charge in [-0.1, -0.05) is 0 Å². The average molecular weight is 221 g/mol. The molecule has 0 bridgehead atoms. The number of aliphatic hydroxyl groups is 4. The number of nitrogens with one attached hydrogen (secondary N) is 1. The molecule has 5 N–H and O–H groups in total. The van der Waals surface area contributed by atoms with Gasteiger partial charge in [0, 0.05) is 6.04 Å². The van der Waals surface area contributed by atoms with Gasteiger partial charge in [-0.3, -0.25) is 5.32 Å². The third-order valence-corrected chi connectivity index (χ3v) is 2.39. The van der Waals surface area contributed by atoms with E-state index in [1.807, 2.05) is 13.8 Å². The van der Waals surface area contributed by atoms with Gasteiger partial charge in [-0.25, -0.2) is 0 Å². The van der Waals surface area contributed by atoms with Crippen LogP contribution in [0.15, 0.2) is 0 Å². The van der Waals surface area contributed by atoms with Crippen molar-refractivity contribution in [3.05, 3.63) is 0 Å². The first-order valence-electron chi connectivity index (χ1n) is 5.04. The Bertz CT molecular complexity index is 199. The number of rotatable bonds is 3. The quantitative estimate of drug-likeness (QED) is 0.370. The van der Waals surface area contributed by atoms with Gasteiger partial charge in [-0.15, -0.1) is 0 Å². The second-order valence-corrected chi connectivity index (χ2v) is 4.07. The minimum atomic E-state index is -1.31. The van der Waals surface area contributed by atoms with E-state index in [0.29, 0.717) is 0 Å². The Morgan fingerprint density at radius 3 is 2.20 bits per heavy atom. The van der Waals surface area contributed by atoms with E-state index >= 15 is 0 Å². The van der Waals surface area contributed by atoms with Crippen LogP contribution in [0.25, 0.3) is 0 Å². The van der Waals surface area contributed by atoms with E-state index in [9.17, 15) is 15.3 Å². The molecule has 1 aliphatic heterocycles. The molecule has 5 unspecified atom stereocenters. The van der Waals surface area contributed by atoms with Crippen LogP contribution in [0.1, 0.15) is 13.8 Å². The highest BCUT2D eigenvalue weighted by atomic mass is 16.6. The van der Waals surface area contributed by atoms with E-state index < -0.39 is 37.3 Å². The van der Waals surface area contributed by atoms with Crippen molar-refractivity contribution in [1.29, 1.82) is 0 Å². The van der Waals surface area contributed by atoms with Gasteiger partial charge in [0.2, 0.25) is 0 Å². The Morgan fingerprint density at radius 2 is 1.73 bits per heavy atom. The van der Waals surface area contributed by atoms with Crippen LogP contribution in [-0.2, 0) is 4.74 Å². The normalized spacial score (nSPS) is 42.2. The average Bonchev–Trinajstić information content (AvgIpc) is 2.18. The molecule has 6 nitrogen and oxygen atoms in total. The standard InChI is InChI=1S/C9H19NO5/c1-4(2)10-9-8(14)7(13)6(12)5(3-11)15-9/h4-14H,3H2,1-2H3. The summed E-state index contributed by atoms with van der Waals surface area (Å²) >= 11 is 0. The third-order valence-electron chi connectivity index (χ3n) is 2.39. The highest BCUT2D eigenvalue weighted by Crippen LogP contribution is 2.19. The van der Waals surface area contributed by atoms with Gasteiger partial charge in [0.25, 0.3) is 0 Å². The first-order valence-corrected chi connectivity index (χ1v) is 5.04. The zero-order valence-electron chi connectivity index (χ0n) is 8.87. The lowest BCUT2D eigenvalue weighted by Crippen LogP contribution is -2.63. The molecule has 0 saturated carbocycles. The molecule has 0 radical (unpaired) electrons. The summed E-state index contributed by atoms with van der Waals surface area (Å²) in [7, 11) is 0. The fourth-order valence-corrected chi connectivity index (χ4v) is 1.57. The maximum absolute atomic E-state index is 9.59. The summed E-state index contributed by atoms with van der Waals surface area (Å²) in [6, 6.07) is 0.0615. The highest BCUT2D eigenvalue weighted by molar-refractivity contribution is 4.91. The molecule has 1 aliphatic rings. The van der Waals surface area contributed by atoms with Crippen LogP contribution in [0, 0.1) is 0 Å². The van der Waals surface area contributed by atoms with Gasteiger partial charge in [-0.05, 0) is 13.8 Å². The SMILES string of the molecule is CC(C)NC1OC(CO)C(O)C(O)C1O. The van der Waals surface area contributed by atoms with Crippen LogP contribution in [0.4, 0.5) is 0 Å². The fraction of sp³-hybridized carbons (Fsp3) is 1.00. The molecule has 0 aromatic rings. The van der Waals surface area contributed by atoms with E-state index in [1.54, 1.807) is 0 Å². The van der Waals surface area contributed by atoms with Gasteiger partial charge in [0.15, 0.2) is 0 Å². The van der Waals surface area contributed by atoms with Crippen molar-refractivity contribution in [2.45, 2.75) is 50.5 Å². The van der Waals surface area contributed by atoms with Crippen LogP contribution in [0.2, 0.25) is 0 Å². The van der Waals surface area contributed by atoms with Crippen LogP contribution < -0.4 is 5.32 Å². The molecule has 1 saturated heterocycles. The van der Waals surface area contributed by atoms with Gasteiger partial charge in [0.1, 0.15) is 30.6 Å². The summed E-state index contributed by atoms with van der Waals surface area (Å²) in [5.74, 6) is 0. The molecule has 1 heterocycles. The largest absolute Gasteiger partial charge is 0.394 e. The zero-order chi connectivity index (χ0) is 11.6. The van der Waals surface area contributed by atoms with Crippen LogP contribution in [0.5, 0.6) is 0 Å². The predicted molar refractivity (Wildman–Crippen MR) is 52.0 cm³/mol. The molecular weight excluding hydrogens is 202 g/mol. The van der Waals surface area contributed by atoms with Gasteiger partial charge >= 0.3 is 0 Å². The van der Waals surface area contributed by atoms with Crippen molar-refractivity contribution in [3.63, 3.8) is 0 Å². The molecule has 0 aromatic heterocycles. The Hall–Kier alpha value is -0.240. The first-order chi connectivity index (χ1) is 6.97. The predicted octanol–water partition coefficient (Wildman–Crippen LogP) is -2.22. The fourth-order valence-electron chi connectivity index (χ4n) is 1.57. The molecule has 0 aromatic carbocycles. The van der Waals surface area contributed by atoms with Crippen molar-refractivity contribution in [1.82, 2.24) is 5.32 Å². The summed E-state index contributed by atoms with van der Waals surface area (Å²) < 4.78 is 5.22. The van der Waals surface area contributed by atoms with Gasteiger partial charge < -0.3 is 25.2 Å². The molecule has 1 fully saturated rings. The van der Waals surface area contributed by atoms with Crippen molar-refractivity contribution >= 4 is 0 Å². The number of hydrogen-bond donors (Lipinski definition) is 5. The van der Waals surface area contributed by atoms with Crippen molar-refractivity contribution < 1.29 is 25.2 Å². The maximum atomic E-state index is 9.59. The van der Waals surface area contributed by atoms with Crippen molar-refractivity contribution in [3.8, 4) is 0 Å². The number of ether oxygens (including phenoxy) is 1. The van der Waals surface area contributed by atoms with E-state index in [4.69, 9.17) is 9.84 Å². The van der Waals surface area contributed by atoms with E-state index in [0.717, 1.165) is 0 Å². The molecule has 15 heavy (non-hydrogen) atoms. The molecular formula is C9H19NO5. The van der Waals surface area contributed by atoms with E-state index in [-0.39, 0.29) is 6.04 Å². The van der Waals surface area contributed by atoms with Gasteiger partial charge in [-0.2, -0.15) is 0 Å². The van der Waals surface area contributed by atoms with Gasteiger partial charge in [0.05, 0.1) is 6.61 Å². The van der Waals surface area contributed by atoms with Crippen molar-refractivity contribution in [2.24, 2.45) is 0 Å². The van der Waals surface area contributed by atoms with Crippen LogP contribution >= 0.6 is 0 Å². The molecule has 0 spiro atoms. The molecule has 0 aliphatic carbocycles. The lowest BCUT2D eigenvalue weighted by Gasteiger charge is -2.40. The summed E-state index contributed by atoms with van der Waals surface area (Å²) in [5, 5.41) is 40.3. The van der Waals surface area contributed by atoms with Crippen LogP contribution in [-0.4, -0.2) is 63.7 Å².